The Bertz CT molecular complexity index is 357. The van der Waals surface area contributed by atoms with Crippen molar-refractivity contribution in [1.29, 1.82) is 0 Å². The molecule has 2 aliphatic heterocycles. The van der Waals surface area contributed by atoms with Gasteiger partial charge in [0.25, 0.3) is 5.91 Å². The molecule has 0 aromatic rings. The van der Waals surface area contributed by atoms with Gasteiger partial charge in [-0.3, -0.25) is 14.9 Å². The maximum absolute atomic E-state index is 11.7. The summed E-state index contributed by atoms with van der Waals surface area (Å²) >= 11 is 0. The van der Waals surface area contributed by atoms with Gasteiger partial charge in [0.2, 0.25) is 5.91 Å². The predicted octanol–water partition coefficient (Wildman–Crippen LogP) is -2.08. The first kappa shape index (κ1) is 10.9. The zero-order valence-corrected chi connectivity index (χ0v) is 8.92. The lowest BCUT2D eigenvalue weighted by Crippen LogP contribution is -2.56. The number of carbonyl (C=O) groups excluding carboxylic acids is 3. The summed E-state index contributed by atoms with van der Waals surface area (Å²) in [6, 6.07) is -0.471. The van der Waals surface area contributed by atoms with Gasteiger partial charge in [0, 0.05) is 32.5 Å². The SMILES string of the molecule is CC(=O)NCC1CNCC12NC(=O)NC2=O. The van der Waals surface area contributed by atoms with Crippen LogP contribution in [0, 0.1) is 5.92 Å². The second-order valence-electron chi connectivity index (χ2n) is 4.14. The van der Waals surface area contributed by atoms with E-state index in [1.165, 1.54) is 6.92 Å². The predicted molar refractivity (Wildman–Crippen MR) is 54.4 cm³/mol. The van der Waals surface area contributed by atoms with E-state index in [2.05, 4.69) is 21.3 Å². The van der Waals surface area contributed by atoms with Crippen molar-refractivity contribution in [2.24, 2.45) is 5.92 Å². The summed E-state index contributed by atoms with van der Waals surface area (Å²) in [5.41, 5.74) is -0.903. The van der Waals surface area contributed by atoms with Crippen LogP contribution < -0.4 is 21.3 Å². The van der Waals surface area contributed by atoms with Crippen molar-refractivity contribution in [3.05, 3.63) is 0 Å². The molecule has 0 aromatic carbocycles. The van der Waals surface area contributed by atoms with Crippen molar-refractivity contribution in [2.45, 2.75) is 12.5 Å². The van der Waals surface area contributed by atoms with Crippen molar-refractivity contribution >= 4 is 17.8 Å². The van der Waals surface area contributed by atoms with E-state index >= 15 is 0 Å². The number of hydrogen-bond acceptors (Lipinski definition) is 4. The molecular formula is C9H14N4O3. The highest BCUT2D eigenvalue weighted by atomic mass is 16.2. The maximum Gasteiger partial charge on any atom is 0.322 e. The van der Waals surface area contributed by atoms with Gasteiger partial charge in [0.05, 0.1) is 0 Å². The topological polar surface area (TPSA) is 99.3 Å². The van der Waals surface area contributed by atoms with E-state index in [-0.39, 0.29) is 17.7 Å². The number of amides is 4. The van der Waals surface area contributed by atoms with Gasteiger partial charge in [-0.05, 0) is 0 Å². The first-order chi connectivity index (χ1) is 7.54. The number of nitrogens with one attached hydrogen (secondary N) is 4. The standard InChI is InChI=1S/C9H14N4O3/c1-5(14)11-3-6-2-10-4-9(6)7(15)12-8(16)13-9/h6,10H,2-4H2,1H3,(H,11,14)(H2,12,13,15,16). The van der Waals surface area contributed by atoms with Crippen LogP contribution in [0.5, 0.6) is 0 Å². The quantitative estimate of drug-likeness (QED) is 0.406. The van der Waals surface area contributed by atoms with Crippen LogP contribution in [0.1, 0.15) is 6.92 Å². The zero-order valence-electron chi connectivity index (χ0n) is 8.92. The highest BCUT2D eigenvalue weighted by Crippen LogP contribution is 2.24. The Morgan fingerprint density at radius 2 is 2.31 bits per heavy atom. The third-order valence-corrected chi connectivity index (χ3v) is 3.06. The Hall–Kier alpha value is -1.63. The van der Waals surface area contributed by atoms with Gasteiger partial charge in [-0.2, -0.15) is 0 Å². The Morgan fingerprint density at radius 1 is 1.56 bits per heavy atom. The maximum atomic E-state index is 11.7. The van der Waals surface area contributed by atoms with Crippen LogP contribution in [0.4, 0.5) is 4.79 Å². The Kier molecular flexibility index (Phi) is 2.55. The molecule has 7 heteroatoms. The summed E-state index contributed by atoms with van der Waals surface area (Å²) in [6.07, 6.45) is 0. The van der Waals surface area contributed by atoms with Crippen molar-refractivity contribution in [3.63, 3.8) is 0 Å². The fraction of sp³-hybridized carbons (Fsp3) is 0.667. The van der Waals surface area contributed by atoms with E-state index in [1.807, 2.05) is 0 Å². The second-order valence-corrected chi connectivity index (χ2v) is 4.14. The molecule has 2 heterocycles. The monoisotopic (exact) mass is 226 g/mol. The molecule has 7 nitrogen and oxygen atoms in total. The van der Waals surface area contributed by atoms with Crippen LogP contribution in [-0.2, 0) is 9.59 Å². The lowest BCUT2D eigenvalue weighted by molar-refractivity contribution is -0.125. The minimum Gasteiger partial charge on any atom is -0.356 e. The number of carbonyl (C=O) groups is 3. The lowest BCUT2D eigenvalue weighted by Gasteiger charge is -2.26. The van der Waals surface area contributed by atoms with Crippen molar-refractivity contribution in [1.82, 2.24) is 21.3 Å². The first-order valence-electron chi connectivity index (χ1n) is 5.13. The lowest BCUT2D eigenvalue weighted by atomic mass is 9.87. The second kappa shape index (κ2) is 3.75. The molecule has 4 amide bonds. The molecule has 0 bridgehead atoms. The van der Waals surface area contributed by atoms with Crippen molar-refractivity contribution in [3.8, 4) is 0 Å². The molecule has 88 valence electrons. The van der Waals surface area contributed by atoms with E-state index in [1.54, 1.807) is 0 Å². The van der Waals surface area contributed by atoms with Crippen LogP contribution in [-0.4, -0.2) is 43.0 Å². The van der Waals surface area contributed by atoms with Crippen LogP contribution in [0.3, 0.4) is 0 Å². The molecular weight excluding hydrogens is 212 g/mol. The van der Waals surface area contributed by atoms with Gasteiger partial charge >= 0.3 is 6.03 Å². The van der Waals surface area contributed by atoms with E-state index < -0.39 is 11.6 Å². The third-order valence-electron chi connectivity index (χ3n) is 3.06. The fourth-order valence-electron chi connectivity index (χ4n) is 2.19. The van der Waals surface area contributed by atoms with Gasteiger partial charge in [-0.1, -0.05) is 0 Å². The minimum absolute atomic E-state index is 0.122. The number of hydrogen-bond donors (Lipinski definition) is 4. The van der Waals surface area contributed by atoms with Gasteiger partial charge in [0.15, 0.2) is 0 Å². The number of urea groups is 1. The van der Waals surface area contributed by atoms with Crippen molar-refractivity contribution in [2.75, 3.05) is 19.6 Å². The highest BCUT2D eigenvalue weighted by Gasteiger charge is 2.54. The van der Waals surface area contributed by atoms with Gasteiger partial charge < -0.3 is 16.0 Å². The summed E-state index contributed by atoms with van der Waals surface area (Å²) < 4.78 is 0. The van der Waals surface area contributed by atoms with E-state index in [0.717, 1.165) is 0 Å². The summed E-state index contributed by atoms with van der Waals surface area (Å²) in [7, 11) is 0. The summed E-state index contributed by atoms with van der Waals surface area (Å²) in [5.74, 6) is -0.590. The average molecular weight is 226 g/mol. The van der Waals surface area contributed by atoms with Gasteiger partial charge in [0.1, 0.15) is 5.54 Å². The molecule has 0 aliphatic carbocycles. The van der Waals surface area contributed by atoms with Crippen LogP contribution in [0.25, 0.3) is 0 Å². The largest absolute Gasteiger partial charge is 0.356 e. The van der Waals surface area contributed by atoms with E-state index in [9.17, 15) is 14.4 Å². The van der Waals surface area contributed by atoms with Gasteiger partial charge in [-0.25, -0.2) is 4.79 Å². The molecule has 0 radical (unpaired) electrons. The Morgan fingerprint density at radius 3 is 2.88 bits per heavy atom. The molecule has 4 N–H and O–H groups in total. The van der Waals surface area contributed by atoms with Crippen molar-refractivity contribution < 1.29 is 14.4 Å². The summed E-state index contributed by atoms with van der Waals surface area (Å²) in [4.78, 5) is 33.7. The molecule has 0 saturated carbocycles. The molecule has 16 heavy (non-hydrogen) atoms. The molecule has 2 unspecified atom stereocenters. The molecule has 2 rings (SSSR count). The smallest absolute Gasteiger partial charge is 0.322 e. The normalized spacial score (nSPS) is 32.7. The molecule has 0 aromatic heterocycles. The molecule has 2 fully saturated rings. The summed E-state index contributed by atoms with van der Waals surface area (Å²) in [6.45, 7) is 2.78. The number of imide groups is 1. The van der Waals surface area contributed by atoms with Gasteiger partial charge in [-0.15, -0.1) is 0 Å². The fourth-order valence-corrected chi connectivity index (χ4v) is 2.19. The molecule has 2 aliphatic rings. The minimum atomic E-state index is -0.903. The zero-order chi connectivity index (χ0) is 11.8. The summed E-state index contributed by atoms with van der Waals surface area (Å²) in [5, 5.41) is 10.6. The molecule has 2 atom stereocenters. The van der Waals surface area contributed by atoms with E-state index in [0.29, 0.717) is 19.6 Å². The highest BCUT2D eigenvalue weighted by molar-refractivity contribution is 6.07. The Balaban J connectivity index is 2.10. The first-order valence-corrected chi connectivity index (χ1v) is 5.13. The molecule has 1 spiro atoms. The van der Waals surface area contributed by atoms with Crippen LogP contribution in [0.2, 0.25) is 0 Å². The van der Waals surface area contributed by atoms with Crippen LogP contribution >= 0.6 is 0 Å². The molecule has 2 saturated heterocycles. The van der Waals surface area contributed by atoms with Crippen LogP contribution in [0.15, 0.2) is 0 Å². The third kappa shape index (κ3) is 1.63. The Labute approximate surface area is 92.3 Å². The van der Waals surface area contributed by atoms with E-state index in [4.69, 9.17) is 0 Å². The average Bonchev–Trinajstić information content (AvgIpc) is 2.70. The number of rotatable bonds is 2.